The first-order valence-electron chi connectivity index (χ1n) is 9.35. The lowest BCUT2D eigenvalue weighted by atomic mass is 9.85. The molecule has 0 saturated carbocycles. The van der Waals surface area contributed by atoms with E-state index in [1.165, 1.54) is 0 Å². The molecule has 2 aromatic rings. The van der Waals surface area contributed by atoms with Gasteiger partial charge in [-0.3, -0.25) is 14.6 Å². The fourth-order valence-corrected chi connectivity index (χ4v) is 3.35. The van der Waals surface area contributed by atoms with Gasteiger partial charge in [-0.2, -0.15) is 0 Å². The Bertz CT molecular complexity index is 769. The van der Waals surface area contributed by atoms with Gasteiger partial charge in [-0.05, 0) is 51.0 Å². The van der Waals surface area contributed by atoms with Crippen molar-refractivity contribution in [3.8, 4) is 0 Å². The fourth-order valence-electron chi connectivity index (χ4n) is 3.35. The molecule has 0 aliphatic carbocycles. The normalized spacial score (nSPS) is 16.0. The molecule has 6 heteroatoms. The molecule has 1 aliphatic heterocycles. The Balaban J connectivity index is 1.76. The molecule has 1 aliphatic rings. The molecule has 3 rings (SSSR count). The standard InChI is InChI=1S/C21H26N4O2/c1-16(2)23-20(27)21(24-17-8-4-3-5-9-17)11-14-25(15-12-21)19(26)18-10-6-7-13-22-18/h3-10,13,16,24H,11-12,14-15H2,1-2H3,(H,23,27). The third-order valence-electron chi connectivity index (χ3n) is 4.80. The van der Waals surface area contributed by atoms with E-state index in [1.54, 1.807) is 23.2 Å². The summed E-state index contributed by atoms with van der Waals surface area (Å²) < 4.78 is 0. The van der Waals surface area contributed by atoms with Crippen LogP contribution in [0.3, 0.4) is 0 Å². The molecule has 1 fully saturated rings. The van der Waals surface area contributed by atoms with Crippen LogP contribution in [0.2, 0.25) is 0 Å². The molecule has 0 unspecified atom stereocenters. The van der Waals surface area contributed by atoms with Crippen molar-refractivity contribution >= 4 is 17.5 Å². The Morgan fingerprint density at radius 2 is 1.70 bits per heavy atom. The van der Waals surface area contributed by atoms with Crippen LogP contribution in [0.1, 0.15) is 37.2 Å². The van der Waals surface area contributed by atoms with Gasteiger partial charge in [-0.25, -0.2) is 0 Å². The first-order chi connectivity index (χ1) is 13.0. The summed E-state index contributed by atoms with van der Waals surface area (Å²) in [5.41, 5.74) is 0.612. The highest BCUT2D eigenvalue weighted by Gasteiger charge is 2.42. The summed E-state index contributed by atoms with van der Waals surface area (Å²) in [6, 6.07) is 15.1. The van der Waals surface area contributed by atoms with E-state index in [-0.39, 0.29) is 17.9 Å². The molecule has 2 heterocycles. The van der Waals surface area contributed by atoms with Gasteiger partial charge in [-0.1, -0.05) is 24.3 Å². The number of amides is 2. The summed E-state index contributed by atoms with van der Waals surface area (Å²) in [7, 11) is 0. The molecule has 1 aromatic carbocycles. The maximum Gasteiger partial charge on any atom is 0.272 e. The van der Waals surface area contributed by atoms with Crippen molar-refractivity contribution in [3.63, 3.8) is 0 Å². The Hall–Kier alpha value is -2.89. The number of nitrogens with zero attached hydrogens (tertiary/aromatic N) is 2. The van der Waals surface area contributed by atoms with Crippen LogP contribution >= 0.6 is 0 Å². The van der Waals surface area contributed by atoms with Gasteiger partial charge >= 0.3 is 0 Å². The Labute approximate surface area is 160 Å². The van der Waals surface area contributed by atoms with Crippen molar-refractivity contribution in [1.29, 1.82) is 0 Å². The van der Waals surface area contributed by atoms with Crippen LogP contribution in [0.15, 0.2) is 54.7 Å². The average Bonchev–Trinajstić information content (AvgIpc) is 2.69. The lowest BCUT2D eigenvalue weighted by molar-refractivity contribution is -0.127. The van der Waals surface area contributed by atoms with Crippen LogP contribution in [-0.4, -0.2) is 46.4 Å². The molecule has 0 radical (unpaired) electrons. The number of anilines is 1. The number of piperidine rings is 1. The Morgan fingerprint density at radius 1 is 1.04 bits per heavy atom. The van der Waals surface area contributed by atoms with Gasteiger partial charge in [0.2, 0.25) is 5.91 Å². The van der Waals surface area contributed by atoms with Gasteiger partial charge in [0.05, 0.1) is 0 Å². The van der Waals surface area contributed by atoms with Gasteiger partial charge in [0.25, 0.3) is 5.91 Å². The van der Waals surface area contributed by atoms with E-state index in [9.17, 15) is 9.59 Å². The minimum absolute atomic E-state index is 0.0220. The summed E-state index contributed by atoms with van der Waals surface area (Å²) in [6.07, 6.45) is 2.70. The minimum Gasteiger partial charge on any atom is -0.371 e. The topological polar surface area (TPSA) is 74.3 Å². The highest BCUT2D eigenvalue weighted by Crippen LogP contribution is 2.28. The van der Waals surface area contributed by atoms with Crippen molar-refractivity contribution in [2.45, 2.75) is 38.3 Å². The van der Waals surface area contributed by atoms with Crippen molar-refractivity contribution in [3.05, 3.63) is 60.4 Å². The fraction of sp³-hybridized carbons (Fsp3) is 0.381. The molecule has 1 aromatic heterocycles. The van der Waals surface area contributed by atoms with Crippen LogP contribution in [0.5, 0.6) is 0 Å². The van der Waals surface area contributed by atoms with Crippen LogP contribution in [0.4, 0.5) is 5.69 Å². The van der Waals surface area contributed by atoms with Gasteiger partial charge in [0.15, 0.2) is 0 Å². The van der Waals surface area contributed by atoms with Gasteiger partial charge in [-0.15, -0.1) is 0 Å². The smallest absolute Gasteiger partial charge is 0.272 e. The molecular weight excluding hydrogens is 340 g/mol. The van der Waals surface area contributed by atoms with E-state index in [1.807, 2.05) is 50.2 Å². The van der Waals surface area contributed by atoms with Crippen LogP contribution in [-0.2, 0) is 4.79 Å². The van der Waals surface area contributed by atoms with E-state index in [4.69, 9.17) is 0 Å². The number of para-hydroxylation sites is 1. The van der Waals surface area contributed by atoms with Crippen LogP contribution in [0.25, 0.3) is 0 Å². The number of hydrogen-bond acceptors (Lipinski definition) is 4. The summed E-state index contributed by atoms with van der Waals surface area (Å²) in [6.45, 7) is 4.91. The first kappa shape index (κ1) is 18.9. The number of aromatic nitrogens is 1. The number of likely N-dealkylation sites (tertiary alicyclic amines) is 1. The summed E-state index contributed by atoms with van der Waals surface area (Å²) in [5, 5.41) is 6.47. The quantitative estimate of drug-likeness (QED) is 0.853. The molecule has 142 valence electrons. The van der Waals surface area contributed by atoms with E-state index >= 15 is 0 Å². The number of nitrogens with one attached hydrogen (secondary N) is 2. The molecule has 0 atom stereocenters. The molecule has 6 nitrogen and oxygen atoms in total. The molecule has 27 heavy (non-hydrogen) atoms. The summed E-state index contributed by atoms with van der Waals surface area (Å²) in [5.74, 6) is -0.112. The zero-order valence-corrected chi connectivity index (χ0v) is 15.8. The molecule has 2 amide bonds. The second-order valence-corrected chi connectivity index (χ2v) is 7.21. The lowest BCUT2D eigenvalue weighted by Gasteiger charge is -2.42. The predicted octanol–water partition coefficient (Wildman–Crippen LogP) is 2.69. The summed E-state index contributed by atoms with van der Waals surface area (Å²) in [4.78, 5) is 31.6. The van der Waals surface area contributed by atoms with Gasteiger partial charge < -0.3 is 15.5 Å². The Morgan fingerprint density at radius 3 is 2.30 bits per heavy atom. The highest BCUT2D eigenvalue weighted by atomic mass is 16.2. The molecule has 0 spiro atoms. The number of benzene rings is 1. The monoisotopic (exact) mass is 366 g/mol. The number of hydrogen-bond donors (Lipinski definition) is 2. The van der Waals surface area contributed by atoms with Gasteiger partial charge in [0, 0.05) is 31.0 Å². The third kappa shape index (κ3) is 4.45. The second kappa shape index (κ2) is 8.20. The number of carbonyl (C=O) groups excluding carboxylic acids is 2. The van der Waals surface area contributed by atoms with Gasteiger partial charge in [0.1, 0.15) is 11.2 Å². The highest BCUT2D eigenvalue weighted by molar-refractivity contribution is 5.93. The minimum atomic E-state index is -0.730. The zero-order valence-electron chi connectivity index (χ0n) is 15.8. The van der Waals surface area contributed by atoms with Crippen molar-refractivity contribution < 1.29 is 9.59 Å². The average molecular weight is 366 g/mol. The maximum atomic E-state index is 13.0. The molecule has 0 bridgehead atoms. The van der Waals surface area contributed by atoms with E-state index in [0.29, 0.717) is 31.6 Å². The van der Waals surface area contributed by atoms with Crippen molar-refractivity contribution in [2.24, 2.45) is 0 Å². The number of pyridine rings is 1. The largest absolute Gasteiger partial charge is 0.371 e. The zero-order chi connectivity index (χ0) is 19.3. The number of carbonyl (C=O) groups is 2. The SMILES string of the molecule is CC(C)NC(=O)C1(Nc2ccccc2)CCN(C(=O)c2ccccn2)CC1. The second-order valence-electron chi connectivity index (χ2n) is 7.21. The third-order valence-corrected chi connectivity index (χ3v) is 4.80. The molecular formula is C21H26N4O2. The van der Waals surface area contributed by atoms with Crippen LogP contribution in [0, 0.1) is 0 Å². The van der Waals surface area contributed by atoms with E-state index < -0.39 is 5.54 Å². The number of rotatable bonds is 5. The maximum absolute atomic E-state index is 13.0. The predicted molar refractivity (Wildman–Crippen MR) is 105 cm³/mol. The van der Waals surface area contributed by atoms with E-state index in [0.717, 1.165) is 5.69 Å². The lowest BCUT2D eigenvalue weighted by Crippen LogP contribution is -2.60. The first-order valence-corrected chi connectivity index (χ1v) is 9.35. The van der Waals surface area contributed by atoms with E-state index in [2.05, 4.69) is 15.6 Å². The Kier molecular flexibility index (Phi) is 5.74. The molecule has 2 N–H and O–H groups in total. The van der Waals surface area contributed by atoms with Crippen LogP contribution < -0.4 is 10.6 Å². The summed E-state index contributed by atoms with van der Waals surface area (Å²) >= 11 is 0. The van der Waals surface area contributed by atoms with Crippen molar-refractivity contribution in [1.82, 2.24) is 15.2 Å². The van der Waals surface area contributed by atoms with Crippen molar-refractivity contribution in [2.75, 3.05) is 18.4 Å². The molecule has 1 saturated heterocycles.